The van der Waals surface area contributed by atoms with Crippen molar-refractivity contribution in [3.63, 3.8) is 0 Å². The highest BCUT2D eigenvalue weighted by Gasteiger charge is 2.30. The minimum atomic E-state index is -3.79. The standard InChI is InChI=1S/C18H18ClFN2O3S/c1-22(11-13-4-2-3-5-16(13)20)18(23)12-6-9-15(19)17(10-12)26(24,25)21-14-7-8-14/h2-6,9-10,14,21H,7-8,11H2,1H3. The number of benzene rings is 2. The molecule has 26 heavy (non-hydrogen) atoms. The molecule has 3 rings (SSSR count). The minimum Gasteiger partial charge on any atom is -0.337 e. The lowest BCUT2D eigenvalue weighted by molar-refractivity contribution is 0.0783. The van der Waals surface area contributed by atoms with Gasteiger partial charge in [0.05, 0.1) is 5.02 Å². The van der Waals surface area contributed by atoms with Gasteiger partial charge in [0, 0.05) is 30.8 Å². The molecule has 2 aromatic carbocycles. The third-order valence-electron chi connectivity index (χ3n) is 4.08. The van der Waals surface area contributed by atoms with E-state index in [0.717, 1.165) is 12.8 Å². The van der Waals surface area contributed by atoms with Gasteiger partial charge in [-0.05, 0) is 37.1 Å². The molecule has 8 heteroatoms. The first-order valence-electron chi connectivity index (χ1n) is 8.08. The summed E-state index contributed by atoms with van der Waals surface area (Å²) in [7, 11) is -2.26. The van der Waals surface area contributed by atoms with Gasteiger partial charge in [0.25, 0.3) is 5.91 Å². The van der Waals surface area contributed by atoms with Crippen molar-refractivity contribution < 1.29 is 17.6 Å². The zero-order valence-electron chi connectivity index (χ0n) is 14.1. The summed E-state index contributed by atoms with van der Waals surface area (Å²) in [5, 5.41) is 0.0476. The topological polar surface area (TPSA) is 66.5 Å². The molecule has 0 atom stereocenters. The summed E-state index contributed by atoms with van der Waals surface area (Å²) in [6.45, 7) is 0.0660. The SMILES string of the molecule is CN(Cc1ccccc1F)C(=O)c1ccc(Cl)c(S(=O)(=O)NC2CC2)c1. The van der Waals surface area contributed by atoms with E-state index in [2.05, 4.69) is 4.72 Å². The van der Waals surface area contributed by atoms with Crippen molar-refractivity contribution in [2.75, 3.05) is 7.05 Å². The van der Waals surface area contributed by atoms with Gasteiger partial charge < -0.3 is 4.90 Å². The molecular formula is C18H18ClFN2O3S. The van der Waals surface area contributed by atoms with Gasteiger partial charge in [-0.15, -0.1) is 0 Å². The number of nitrogens with zero attached hydrogens (tertiary/aromatic N) is 1. The Morgan fingerprint density at radius 1 is 1.27 bits per heavy atom. The molecule has 1 amide bonds. The maximum atomic E-state index is 13.8. The van der Waals surface area contributed by atoms with Gasteiger partial charge in [-0.2, -0.15) is 0 Å². The molecule has 5 nitrogen and oxygen atoms in total. The Hall–Kier alpha value is -1.96. The van der Waals surface area contributed by atoms with Gasteiger partial charge in [0.2, 0.25) is 10.0 Å². The first-order valence-corrected chi connectivity index (χ1v) is 9.95. The van der Waals surface area contributed by atoms with Gasteiger partial charge in [-0.1, -0.05) is 29.8 Å². The third kappa shape index (κ3) is 4.23. The number of hydrogen-bond acceptors (Lipinski definition) is 3. The molecule has 1 fully saturated rings. The predicted octanol–water partition coefficient (Wildman–Crippen LogP) is 3.19. The van der Waals surface area contributed by atoms with Crippen molar-refractivity contribution in [1.82, 2.24) is 9.62 Å². The summed E-state index contributed by atoms with van der Waals surface area (Å²) in [5.74, 6) is -0.826. The highest BCUT2D eigenvalue weighted by atomic mass is 35.5. The highest BCUT2D eigenvalue weighted by molar-refractivity contribution is 7.89. The van der Waals surface area contributed by atoms with Gasteiger partial charge in [0.15, 0.2) is 0 Å². The molecule has 1 saturated carbocycles. The summed E-state index contributed by atoms with van der Waals surface area (Å²) in [4.78, 5) is 13.8. The summed E-state index contributed by atoms with van der Waals surface area (Å²) in [6.07, 6.45) is 1.59. The van der Waals surface area contributed by atoms with Crippen LogP contribution in [0.25, 0.3) is 0 Å². The van der Waals surface area contributed by atoms with Crippen LogP contribution in [0, 0.1) is 5.82 Å². The molecule has 2 aromatic rings. The smallest absolute Gasteiger partial charge is 0.253 e. The molecular weight excluding hydrogens is 379 g/mol. The fourth-order valence-electron chi connectivity index (χ4n) is 2.50. The monoisotopic (exact) mass is 396 g/mol. The van der Waals surface area contributed by atoms with Crippen molar-refractivity contribution in [1.29, 1.82) is 0 Å². The zero-order chi connectivity index (χ0) is 18.9. The molecule has 1 aliphatic carbocycles. The van der Waals surface area contributed by atoms with Crippen LogP contribution >= 0.6 is 11.6 Å². The number of rotatable bonds is 6. The largest absolute Gasteiger partial charge is 0.337 e. The normalized spacial score (nSPS) is 14.3. The third-order valence-corrected chi connectivity index (χ3v) is 6.08. The lowest BCUT2D eigenvalue weighted by Gasteiger charge is -2.18. The van der Waals surface area contributed by atoms with Gasteiger partial charge in [-0.25, -0.2) is 17.5 Å². The van der Waals surface area contributed by atoms with E-state index >= 15 is 0 Å². The van der Waals surface area contributed by atoms with Gasteiger partial charge >= 0.3 is 0 Å². The lowest BCUT2D eigenvalue weighted by atomic mass is 10.1. The van der Waals surface area contributed by atoms with Crippen LogP contribution in [-0.2, 0) is 16.6 Å². The Kier molecular flexibility index (Phi) is 5.32. The number of halogens is 2. The summed E-state index contributed by atoms with van der Waals surface area (Å²) < 4.78 is 41.1. The number of hydrogen-bond donors (Lipinski definition) is 1. The number of nitrogens with one attached hydrogen (secondary N) is 1. The predicted molar refractivity (Wildman–Crippen MR) is 97.0 cm³/mol. The van der Waals surface area contributed by atoms with Crippen LogP contribution in [0.15, 0.2) is 47.4 Å². The maximum absolute atomic E-state index is 13.8. The molecule has 0 spiro atoms. The average molecular weight is 397 g/mol. The Balaban J connectivity index is 1.83. The van der Waals surface area contributed by atoms with Crippen molar-refractivity contribution in [2.24, 2.45) is 0 Å². The second-order valence-corrected chi connectivity index (χ2v) is 8.38. The Morgan fingerprint density at radius 3 is 2.62 bits per heavy atom. The first kappa shape index (κ1) is 18.8. The second-order valence-electron chi connectivity index (χ2n) is 6.29. The number of amides is 1. The van der Waals surface area contributed by atoms with E-state index in [1.807, 2.05) is 0 Å². The van der Waals surface area contributed by atoms with Crippen molar-refractivity contribution >= 4 is 27.5 Å². The van der Waals surface area contributed by atoms with Crippen LogP contribution in [0.3, 0.4) is 0 Å². The molecule has 0 aromatic heterocycles. The molecule has 0 aliphatic heterocycles. The quantitative estimate of drug-likeness (QED) is 0.815. The van der Waals surface area contributed by atoms with Gasteiger partial charge in [0.1, 0.15) is 10.7 Å². The van der Waals surface area contributed by atoms with Crippen molar-refractivity contribution in [2.45, 2.75) is 30.3 Å². The van der Waals surface area contributed by atoms with Crippen LogP contribution in [0.2, 0.25) is 5.02 Å². The van der Waals surface area contributed by atoms with Gasteiger partial charge in [-0.3, -0.25) is 4.79 Å². The molecule has 0 heterocycles. The second kappa shape index (κ2) is 7.34. The van der Waals surface area contributed by atoms with E-state index in [1.54, 1.807) is 18.2 Å². The van der Waals surface area contributed by atoms with Crippen LogP contribution < -0.4 is 4.72 Å². The van der Waals surface area contributed by atoms with Crippen molar-refractivity contribution in [3.05, 3.63) is 64.4 Å². The molecule has 1 N–H and O–H groups in total. The fourth-order valence-corrected chi connectivity index (χ4v) is 4.33. The van der Waals surface area contributed by atoms with Crippen LogP contribution in [0.1, 0.15) is 28.8 Å². The maximum Gasteiger partial charge on any atom is 0.253 e. The van der Waals surface area contributed by atoms with E-state index < -0.39 is 21.7 Å². The van der Waals surface area contributed by atoms with E-state index in [0.29, 0.717) is 5.56 Å². The average Bonchev–Trinajstić information content (AvgIpc) is 3.39. The zero-order valence-corrected chi connectivity index (χ0v) is 15.6. The van der Waals surface area contributed by atoms with E-state index in [4.69, 9.17) is 11.6 Å². The number of carbonyl (C=O) groups excluding carboxylic acids is 1. The minimum absolute atomic E-state index is 0.0476. The molecule has 0 radical (unpaired) electrons. The summed E-state index contributed by atoms with van der Waals surface area (Å²) in [5.41, 5.74) is 0.546. The summed E-state index contributed by atoms with van der Waals surface area (Å²) in [6, 6.07) is 10.2. The molecule has 138 valence electrons. The lowest BCUT2D eigenvalue weighted by Crippen LogP contribution is -2.28. The Labute approximate surface area is 156 Å². The Bertz CT molecular complexity index is 945. The van der Waals surface area contributed by atoms with Crippen molar-refractivity contribution in [3.8, 4) is 0 Å². The summed E-state index contributed by atoms with van der Waals surface area (Å²) >= 11 is 6.03. The van der Waals surface area contributed by atoms with Crippen LogP contribution in [-0.4, -0.2) is 32.3 Å². The van der Waals surface area contributed by atoms with Crippen LogP contribution in [0.5, 0.6) is 0 Å². The van der Waals surface area contributed by atoms with Crippen LogP contribution in [0.4, 0.5) is 4.39 Å². The van der Waals surface area contributed by atoms with E-state index in [1.165, 1.54) is 36.2 Å². The molecule has 1 aliphatic rings. The van der Waals surface area contributed by atoms with E-state index in [-0.39, 0.29) is 28.1 Å². The fraction of sp³-hybridized carbons (Fsp3) is 0.278. The molecule has 0 unspecified atom stereocenters. The number of carbonyl (C=O) groups is 1. The first-order chi connectivity index (χ1) is 12.3. The number of sulfonamides is 1. The molecule has 0 bridgehead atoms. The Morgan fingerprint density at radius 2 is 1.96 bits per heavy atom. The molecule has 0 saturated heterocycles. The highest BCUT2D eigenvalue weighted by Crippen LogP contribution is 2.27. The van der Waals surface area contributed by atoms with E-state index in [9.17, 15) is 17.6 Å².